The number of nitrogens with zero attached hydrogens (tertiary/aromatic N) is 1. The molecule has 4 N–H and O–H groups in total. The first-order valence-electron chi connectivity index (χ1n) is 8.78. The molecular formula is C19H23ClN2O3. The van der Waals surface area contributed by atoms with Gasteiger partial charge in [0.15, 0.2) is 11.5 Å². The van der Waals surface area contributed by atoms with Crippen LogP contribution in [0.3, 0.4) is 0 Å². The van der Waals surface area contributed by atoms with Crippen molar-refractivity contribution in [2.45, 2.75) is 51.0 Å². The Kier molecular flexibility index (Phi) is 3.44. The van der Waals surface area contributed by atoms with E-state index in [1.165, 1.54) is 6.07 Å². The van der Waals surface area contributed by atoms with Crippen LogP contribution in [0.1, 0.15) is 54.6 Å². The molecule has 1 aromatic heterocycles. The lowest BCUT2D eigenvalue weighted by Gasteiger charge is -2.53. The van der Waals surface area contributed by atoms with E-state index in [0.29, 0.717) is 23.8 Å². The minimum Gasteiger partial charge on any atom is -0.504 e. The zero-order chi connectivity index (χ0) is 16.8. The van der Waals surface area contributed by atoms with Gasteiger partial charge >= 0.3 is 0 Å². The molecule has 0 unspecified atom stereocenters. The maximum absolute atomic E-state index is 13.0. The fourth-order valence-electron chi connectivity index (χ4n) is 5.79. The summed E-state index contributed by atoms with van der Waals surface area (Å²) < 4.78 is 1.81. The molecule has 1 saturated carbocycles. The fourth-order valence-corrected chi connectivity index (χ4v) is 5.79. The number of aromatic hydroxyl groups is 2. The Labute approximate surface area is 152 Å². The van der Waals surface area contributed by atoms with Gasteiger partial charge in [-0.3, -0.25) is 9.36 Å². The van der Waals surface area contributed by atoms with Gasteiger partial charge in [-0.05, 0) is 42.2 Å². The lowest BCUT2D eigenvalue weighted by atomic mass is 9.54. The molecule has 1 aromatic carbocycles. The normalized spacial score (nSPS) is 33.0. The molecule has 5 nitrogen and oxygen atoms in total. The summed E-state index contributed by atoms with van der Waals surface area (Å²) in [6.07, 6.45) is 4.57. The van der Waals surface area contributed by atoms with Crippen molar-refractivity contribution in [2.75, 3.05) is 0 Å². The Morgan fingerprint density at radius 2 is 2.00 bits per heavy atom. The van der Waals surface area contributed by atoms with Crippen molar-refractivity contribution in [1.29, 1.82) is 0 Å². The third kappa shape index (κ3) is 1.97. The molecule has 3 aliphatic rings. The highest BCUT2D eigenvalue weighted by atomic mass is 35.5. The van der Waals surface area contributed by atoms with Crippen LogP contribution < -0.4 is 5.73 Å². The van der Waals surface area contributed by atoms with Crippen LogP contribution in [-0.2, 0) is 6.42 Å². The molecule has 0 bridgehead atoms. The second-order valence-electron chi connectivity index (χ2n) is 8.18. The lowest BCUT2D eigenvalue weighted by molar-refractivity contribution is 0.0449. The van der Waals surface area contributed by atoms with E-state index in [0.717, 1.165) is 42.3 Å². The number of benzene rings is 1. The van der Waals surface area contributed by atoms with Crippen LogP contribution in [0.4, 0.5) is 0 Å². The van der Waals surface area contributed by atoms with Gasteiger partial charge in [-0.25, -0.2) is 0 Å². The molecule has 0 spiro atoms. The van der Waals surface area contributed by atoms with Crippen molar-refractivity contribution >= 4 is 29.2 Å². The Morgan fingerprint density at radius 1 is 1.28 bits per heavy atom. The van der Waals surface area contributed by atoms with Crippen molar-refractivity contribution in [3.05, 3.63) is 23.4 Å². The largest absolute Gasteiger partial charge is 0.504 e. The van der Waals surface area contributed by atoms with Crippen molar-refractivity contribution in [3.8, 4) is 11.5 Å². The molecule has 5 rings (SSSR count). The topological polar surface area (TPSA) is 88.5 Å². The van der Waals surface area contributed by atoms with Crippen molar-refractivity contribution in [1.82, 2.24) is 4.57 Å². The summed E-state index contributed by atoms with van der Waals surface area (Å²) >= 11 is 0. The third-order valence-electron chi connectivity index (χ3n) is 6.76. The number of rotatable bonds is 0. The number of phenols is 2. The predicted octanol–water partition coefficient (Wildman–Crippen LogP) is 3.29. The Bertz CT molecular complexity index is 906. The zero-order valence-electron chi connectivity index (χ0n) is 14.2. The number of fused-ring (bicyclic) bond motifs is 3. The van der Waals surface area contributed by atoms with E-state index in [1.54, 1.807) is 10.6 Å². The number of phenolic OH excluding ortho intramolecular Hbond substituents is 2. The minimum absolute atomic E-state index is 0. The highest BCUT2D eigenvalue weighted by Crippen LogP contribution is 2.59. The van der Waals surface area contributed by atoms with E-state index in [9.17, 15) is 15.0 Å². The average Bonchev–Trinajstić information content (AvgIpc) is 2.81. The highest BCUT2D eigenvalue weighted by Gasteiger charge is 2.54. The Balaban J connectivity index is 0.00000157. The summed E-state index contributed by atoms with van der Waals surface area (Å²) in [5.74, 6) is 0.477. The summed E-state index contributed by atoms with van der Waals surface area (Å²) in [4.78, 5) is 13.0. The fraction of sp³-hybridized carbons (Fsp3) is 0.526. The number of carbonyl (C=O) groups excluding carboxylic acids is 1. The number of carbonyl (C=O) groups is 1. The second-order valence-corrected chi connectivity index (χ2v) is 8.18. The maximum Gasteiger partial charge on any atom is 0.231 e. The van der Waals surface area contributed by atoms with E-state index in [-0.39, 0.29) is 41.3 Å². The molecule has 0 amide bonds. The van der Waals surface area contributed by atoms with E-state index < -0.39 is 0 Å². The summed E-state index contributed by atoms with van der Waals surface area (Å²) in [5, 5.41) is 20.7. The van der Waals surface area contributed by atoms with Gasteiger partial charge in [0.25, 0.3) is 0 Å². The predicted molar refractivity (Wildman–Crippen MR) is 97.6 cm³/mol. The molecule has 2 aliphatic carbocycles. The summed E-state index contributed by atoms with van der Waals surface area (Å²) in [7, 11) is 0. The van der Waals surface area contributed by atoms with Gasteiger partial charge in [0.1, 0.15) is 0 Å². The standard InChI is InChI=1S/C19H22N2O3.ClH/c1-19-4-2-3-9-12(20)5-11-10-6-14(22)15(23)7-13(10)21(16(24)8-19)18(11)17(9)19;/h6-7,9,12,17,22-23H,2-5,8,20H2,1H3;1H/t9-,12+,17-,19+;/m0./s1. The number of hydrogen-bond acceptors (Lipinski definition) is 4. The van der Waals surface area contributed by atoms with Gasteiger partial charge in [-0.2, -0.15) is 0 Å². The smallest absolute Gasteiger partial charge is 0.231 e. The van der Waals surface area contributed by atoms with Crippen LogP contribution in [0.25, 0.3) is 10.9 Å². The molecular weight excluding hydrogens is 340 g/mol. The first-order valence-corrected chi connectivity index (χ1v) is 8.78. The molecule has 6 heteroatoms. The van der Waals surface area contributed by atoms with Crippen molar-refractivity contribution in [3.63, 3.8) is 0 Å². The van der Waals surface area contributed by atoms with E-state index >= 15 is 0 Å². The minimum atomic E-state index is -0.181. The van der Waals surface area contributed by atoms with Gasteiger partial charge in [-0.15, -0.1) is 12.4 Å². The van der Waals surface area contributed by atoms with Crippen molar-refractivity contribution in [2.24, 2.45) is 17.1 Å². The summed E-state index contributed by atoms with van der Waals surface area (Å²) in [6, 6.07) is 3.20. The summed E-state index contributed by atoms with van der Waals surface area (Å²) in [5.41, 5.74) is 9.42. The molecule has 1 aliphatic heterocycles. The zero-order valence-corrected chi connectivity index (χ0v) is 15.0. The van der Waals surface area contributed by atoms with Gasteiger partial charge in [0, 0.05) is 35.5 Å². The molecule has 2 aromatic rings. The molecule has 134 valence electrons. The van der Waals surface area contributed by atoms with Crippen LogP contribution >= 0.6 is 12.4 Å². The Hall–Kier alpha value is -1.72. The first-order chi connectivity index (χ1) is 11.4. The lowest BCUT2D eigenvalue weighted by Crippen LogP contribution is -2.52. The highest BCUT2D eigenvalue weighted by molar-refractivity contribution is 5.99. The average molecular weight is 363 g/mol. The molecule has 1 fully saturated rings. The van der Waals surface area contributed by atoms with E-state index in [4.69, 9.17) is 5.73 Å². The van der Waals surface area contributed by atoms with Gasteiger partial charge in [0.05, 0.1) is 5.52 Å². The summed E-state index contributed by atoms with van der Waals surface area (Å²) in [6.45, 7) is 2.24. The van der Waals surface area contributed by atoms with E-state index in [2.05, 4.69) is 6.92 Å². The monoisotopic (exact) mass is 362 g/mol. The van der Waals surface area contributed by atoms with Crippen LogP contribution in [0, 0.1) is 11.3 Å². The maximum atomic E-state index is 13.0. The molecule has 25 heavy (non-hydrogen) atoms. The van der Waals surface area contributed by atoms with Crippen LogP contribution in [-0.4, -0.2) is 26.7 Å². The molecule has 2 heterocycles. The molecule has 0 saturated heterocycles. The quantitative estimate of drug-likeness (QED) is 0.627. The van der Waals surface area contributed by atoms with E-state index in [1.807, 2.05) is 0 Å². The SMILES string of the molecule is C[C@@]12CCC[C@H]3[C@H](N)Cc4c(n(c5cc(O)c(O)cc45)C(=O)C1)[C@H]32.Cl. The first kappa shape index (κ1) is 16.7. The molecule has 0 radical (unpaired) electrons. The van der Waals surface area contributed by atoms with Crippen LogP contribution in [0.15, 0.2) is 12.1 Å². The number of halogens is 1. The van der Waals surface area contributed by atoms with Gasteiger partial charge in [0.2, 0.25) is 5.91 Å². The third-order valence-corrected chi connectivity index (χ3v) is 6.76. The molecule has 4 atom stereocenters. The van der Waals surface area contributed by atoms with Crippen LogP contribution in [0.5, 0.6) is 11.5 Å². The number of hydrogen-bond donors (Lipinski definition) is 3. The van der Waals surface area contributed by atoms with Gasteiger partial charge in [-0.1, -0.05) is 13.3 Å². The number of aromatic nitrogens is 1. The van der Waals surface area contributed by atoms with Crippen LogP contribution in [0.2, 0.25) is 0 Å². The number of nitrogens with two attached hydrogens (primary N) is 1. The second kappa shape index (κ2) is 5.15. The van der Waals surface area contributed by atoms with Gasteiger partial charge < -0.3 is 15.9 Å². The Morgan fingerprint density at radius 3 is 2.76 bits per heavy atom. The van der Waals surface area contributed by atoms with Crippen molar-refractivity contribution < 1.29 is 15.0 Å².